The second kappa shape index (κ2) is 6.78. The number of nitrogens with one attached hydrogen (secondary N) is 1. The summed E-state index contributed by atoms with van der Waals surface area (Å²) >= 11 is 0. The zero-order valence-corrected chi connectivity index (χ0v) is 12.1. The Labute approximate surface area is 123 Å². The standard InChI is InChI=1S/C15H18N4O2/c1-11(2)14-9-15(18-10-17-14)16-8-7-12-3-5-13(6-4-12)19(20)21/h3-6,9-11H,7-8H2,1-2H3,(H,16,17,18). The maximum absolute atomic E-state index is 10.6. The van der Waals surface area contributed by atoms with E-state index in [1.54, 1.807) is 18.5 Å². The lowest BCUT2D eigenvalue weighted by Crippen LogP contribution is -2.07. The molecule has 0 unspecified atom stereocenters. The van der Waals surface area contributed by atoms with Gasteiger partial charge in [0.2, 0.25) is 0 Å². The lowest BCUT2D eigenvalue weighted by atomic mass is 10.1. The molecule has 1 aromatic heterocycles. The van der Waals surface area contributed by atoms with E-state index in [1.165, 1.54) is 12.1 Å². The number of hydrogen-bond donors (Lipinski definition) is 1. The van der Waals surface area contributed by atoms with Gasteiger partial charge < -0.3 is 5.32 Å². The van der Waals surface area contributed by atoms with Crippen LogP contribution in [0.1, 0.15) is 31.0 Å². The molecule has 0 saturated heterocycles. The summed E-state index contributed by atoms with van der Waals surface area (Å²) in [6, 6.07) is 8.55. The number of aromatic nitrogens is 2. The van der Waals surface area contributed by atoms with Crippen molar-refractivity contribution in [2.24, 2.45) is 0 Å². The zero-order valence-electron chi connectivity index (χ0n) is 12.1. The molecule has 0 spiro atoms. The predicted molar refractivity (Wildman–Crippen MR) is 81.4 cm³/mol. The third-order valence-electron chi connectivity index (χ3n) is 3.15. The van der Waals surface area contributed by atoms with Crippen LogP contribution in [-0.4, -0.2) is 21.4 Å². The van der Waals surface area contributed by atoms with Crippen LogP contribution in [-0.2, 0) is 6.42 Å². The Morgan fingerprint density at radius 1 is 1.24 bits per heavy atom. The number of hydrogen-bond acceptors (Lipinski definition) is 5. The zero-order chi connectivity index (χ0) is 15.2. The van der Waals surface area contributed by atoms with Gasteiger partial charge in [-0.25, -0.2) is 9.97 Å². The molecule has 1 aromatic carbocycles. The molecular weight excluding hydrogens is 268 g/mol. The molecule has 2 aromatic rings. The van der Waals surface area contributed by atoms with E-state index in [0.29, 0.717) is 12.5 Å². The second-order valence-electron chi connectivity index (χ2n) is 5.08. The number of non-ortho nitro benzene ring substituents is 1. The Hall–Kier alpha value is -2.50. The van der Waals surface area contributed by atoms with Crippen molar-refractivity contribution in [3.05, 3.63) is 58.0 Å². The van der Waals surface area contributed by atoms with Gasteiger partial charge in [-0.05, 0) is 17.9 Å². The molecular formula is C15H18N4O2. The summed E-state index contributed by atoms with van der Waals surface area (Å²) in [5, 5.41) is 13.8. The quantitative estimate of drug-likeness (QED) is 0.651. The largest absolute Gasteiger partial charge is 0.370 e. The number of nitro benzene ring substituents is 1. The van der Waals surface area contributed by atoms with E-state index >= 15 is 0 Å². The van der Waals surface area contributed by atoms with Gasteiger partial charge in [0.05, 0.1) is 4.92 Å². The molecule has 0 amide bonds. The maximum Gasteiger partial charge on any atom is 0.269 e. The minimum Gasteiger partial charge on any atom is -0.370 e. The van der Waals surface area contributed by atoms with Crippen LogP contribution in [0.15, 0.2) is 36.7 Å². The van der Waals surface area contributed by atoms with E-state index in [2.05, 4.69) is 29.1 Å². The topological polar surface area (TPSA) is 81.0 Å². The molecule has 2 rings (SSSR count). The van der Waals surface area contributed by atoms with Gasteiger partial charge >= 0.3 is 0 Å². The summed E-state index contributed by atoms with van der Waals surface area (Å²) in [6.07, 6.45) is 2.34. The Bertz CT molecular complexity index is 611. The van der Waals surface area contributed by atoms with Crippen molar-refractivity contribution in [2.75, 3.05) is 11.9 Å². The first-order chi connectivity index (χ1) is 10.1. The van der Waals surface area contributed by atoms with Gasteiger partial charge in [0.1, 0.15) is 12.1 Å². The van der Waals surface area contributed by atoms with Crippen LogP contribution in [0.4, 0.5) is 11.5 Å². The summed E-state index contributed by atoms with van der Waals surface area (Å²) in [4.78, 5) is 18.6. The number of anilines is 1. The fraction of sp³-hybridized carbons (Fsp3) is 0.333. The highest BCUT2D eigenvalue weighted by Crippen LogP contribution is 2.14. The van der Waals surface area contributed by atoms with E-state index in [1.807, 2.05) is 6.07 Å². The van der Waals surface area contributed by atoms with Gasteiger partial charge in [0.15, 0.2) is 0 Å². The van der Waals surface area contributed by atoms with Gasteiger partial charge in [-0.1, -0.05) is 26.0 Å². The molecule has 1 N–H and O–H groups in total. The van der Waals surface area contributed by atoms with Crippen molar-refractivity contribution in [3.63, 3.8) is 0 Å². The van der Waals surface area contributed by atoms with Gasteiger partial charge in [-0.3, -0.25) is 10.1 Å². The molecule has 0 aliphatic rings. The van der Waals surface area contributed by atoms with Crippen LogP contribution >= 0.6 is 0 Å². The Kier molecular flexibility index (Phi) is 4.81. The van der Waals surface area contributed by atoms with Crippen LogP contribution in [0.2, 0.25) is 0 Å². The highest BCUT2D eigenvalue weighted by atomic mass is 16.6. The van der Waals surface area contributed by atoms with Crippen molar-refractivity contribution in [1.29, 1.82) is 0 Å². The Morgan fingerprint density at radius 2 is 1.95 bits per heavy atom. The van der Waals surface area contributed by atoms with E-state index < -0.39 is 4.92 Å². The first kappa shape index (κ1) is 14.9. The predicted octanol–water partition coefficient (Wildman–Crippen LogP) is 3.16. The second-order valence-corrected chi connectivity index (χ2v) is 5.08. The molecule has 0 aliphatic heterocycles. The van der Waals surface area contributed by atoms with Crippen LogP contribution in [0.3, 0.4) is 0 Å². The molecule has 6 heteroatoms. The average Bonchev–Trinajstić information content (AvgIpc) is 2.48. The Balaban J connectivity index is 1.89. The number of nitro groups is 1. The first-order valence-electron chi connectivity index (χ1n) is 6.85. The van der Waals surface area contributed by atoms with Crippen molar-refractivity contribution in [3.8, 4) is 0 Å². The molecule has 0 saturated carbocycles. The molecule has 110 valence electrons. The van der Waals surface area contributed by atoms with Crippen molar-refractivity contribution < 1.29 is 4.92 Å². The van der Waals surface area contributed by atoms with Crippen LogP contribution in [0.5, 0.6) is 0 Å². The highest BCUT2D eigenvalue weighted by molar-refractivity contribution is 5.37. The van der Waals surface area contributed by atoms with Crippen molar-refractivity contribution in [2.45, 2.75) is 26.2 Å². The molecule has 6 nitrogen and oxygen atoms in total. The summed E-state index contributed by atoms with van der Waals surface area (Å²) in [5.74, 6) is 1.17. The fourth-order valence-electron chi connectivity index (χ4n) is 1.90. The molecule has 0 aliphatic carbocycles. The van der Waals surface area contributed by atoms with Crippen molar-refractivity contribution in [1.82, 2.24) is 9.97 Å². The van der Waals surface area contributed by atoms with E-state index in [0.717, 1.165) is 23.5 Å². The number of benzene rings is 1. The van der Waals surface area contributed by atoms with Gasteiger partial charge in [0, 0.05) is 30.4 Å². The SMILES string of the molecule is CC(C)c1cc(NCCc2ccc([N+](=O)[O-])cc2)ncn1. The number of rotatable bonds is 6. The van der Waals surface area contributed by atoms with Gasteiger partial charge in [0.25, 0.3) is 5.69 Å². The van der Waals surface area contributed by atoms with Gasteiger partial charge in [-0.2, -0.15) is 0 Å². The summed E-state index contributed by atoms with van der Waals surface area (Å²) < 4.78 is 0. The summed E-state index contributed by atoms with van der Waals surface area (Å²) in [5.41, 5.74) is 2.16. The van der Waals surface area contributed by atoms with Gasteiger partial charge in [-0.15, -0.1) is 0 Å². The number of nitrogens with zero attached hydrogens (tertiary/aromatic N) is 3. The summed E-state index contributed by atoms with van der Waals surface area (Å²) in [7, 11) is 0. The van der Waals surface area contributed by atoms with E-state index in [4.69, 9.17) is 0 Å². The molecule has 21 heavy (non-hydrogen) atoms. The third kappa shape index (κ3) is 4.24. The summed E-state index contributed by atoms with van der Waals surface area (Å²) in [6.45, 7) is 4.89. The Morgan fingerprint density at radius 3 is 2.57 bits per heavy atom. The molecule has 0 atom stereocenters. The fourth-order valence-corrected chi connectivity index (χ4v) is 1.90. The molecule has 0 fully saturated rings. The average molecular weight is 286 g/mol. The molecule has 0 bridgehead atoms. The molecule has 0 radical (unpaired) electrons. The van der Waals surface area contributed by atoms with E-state index in [-0.39, 0.29) is 5.69 Å². The maximum atomic E-state index is 10.6. The minimum atomic E-state index is -0.392. The lowest BCUT2D eigenvalue weighted by molar-refractivity contribution is -0.384. The van der Waals surface area contributed by atoms with Crippen LogP contribution in [0, 0.1) is 10.1 Å². The monoisotopic (exact) mass is 286 g/mol. The van der Waals surface area contributed by atoms with Crippen LogP contribution in [0.25, 0.3) is 0 Å². The normalized spacial score (nSPS) is 10.6. The third-order valence-corrected chi connectivity index (χ3v) is 3.15. The highest BCUT2D eigenvalue weighted by Gasteiger charge is 2.05. The van der Waals surface area contributed by atoms with Crippen molar-refractivity contribution >= 4 is 11.5 Å². The smallest absolute Gasteiger partial charge is 0.269 e. The lowest BCUT2D eigenvalue weighted by Gasteiger charge is -2.08. The van der Waals surface area contributed by atoms with E-state index in [9.17, 15) is 10.1 Å². The molecule has 1 heterocycles. The van der Waals surface area contributed by atoms with Crippen LogP contribution < -0.4 is 5.32 Å². The first-order valence-corrected chi connectivity index (χ1v) is 6.85. The minimum absolute atomic E-state index is 0.115.